The number of fused-ring (bicyclic) bond motifs is 1. The molecule has 1 fully saturated rings. The number of nitro groups is 1. The minimum absolute atomic E-state index is 0.0168. The molecule has 1 aliphatic heterocycles. The topological polar surface area (TPSA) is 92.1 Å². The van der Waals surface area contributed by atoms with E-state index in [4.69, 9.17) is 0 Å². The molecule has 0 radical (unpaired) electrons. The van der Waals surface area contributed by atoms with Crippen LogP contribution < -0.4 is 0 Å². The summed E-state index contributed by atoms with van der Waals surface area (Å²) in [7, 11) is 0. The number of hydrogen-bond acceptors (Lipinski definition) is 4. The van der Waals surface area contributed by atoms with Gasteiger partial charge in [-0.2, -0.15) is 0 Å². The van der Waals surface area contributed by atoms with Crippen LogP contribution in [0, 0.1) is 10.1 Å². The Labute approximate surface area is 155 Å². The molecule has 1 amide bonds. The second kappa shape index (κ2) is 7.03. The van der Waals surface area contributed by atoms with Crippen LogP contribution in [0.2, 0.25) is 0 Å². The summed E-state index contributed by atoms with van der Waals surface area (Å²) in [5.74, 6) is 0.609. The molecule has 4 rings (SSSR count). The summed E-state index contributed by atoms with van der Waals surface area (Å²) < 4.78 is 0. The van der Waals surface area contributed by atoms with Crippen LogP contribution >= 0.6 is 0 Å². The van der Waals surface area contributed by atoms with Gasteiger partial charge in [0.2, 0.25) is 5.91 Å². The Morgan fingerprint density at radius 3 is 2.81 bits per heavy atom. The van der Waals surface area contributed by atoms with Crippen LogP contribution in [-0.4, -0.2) is 32.2 Å². The molecule has 0 bridgehead atoms. The Morgan fingerprint density at radius 2 is 2.00 bits per heavy atom. The Morgan fingerprint density at radius 1 is 1.22 bits per heavy atom. The summed E-state index contributed by atoms with van der Waals surface area (Å²) >= 11 is 0. The zero-order valence-corrected chi connectivity index (χ0v) is 14.5. The first-order chi connectivity index (χ1) is 13.1. The number of rotatable bonds is 4. The van der Waals surface area contributed by atoms with Crippen molar-refractivity contribution < 1.29 is 9.72 Å². The highest BCUT2D eigenvalue weighted by atomic mass is 16.6. The highest BCUT2D eigenvalue weighted by molar-refractivity contribution is 5.93. The number of imidazole rings is 1. The van der Waals surface area contributed by atoms with E-state index in [9.17, 15) is 14.9 Å². The molecule has 0 spiro atoms. The summed E-state index contributed by atoms with van der Waals surface area (Å²) in [6.07, 6.45) is 4.65. The van der Waals surface area contributed by atoms with Crippen LogP contribution in [0.3, 0.4) is 0 Å². The molecule has 1 aromatic heterocycles. The first-order valence-electron chi connectivity index (χ1n) is 8.80. The van der Waals surface area contributed by atoms with Crippen molar-refractivity contribution in [1.29, 1.82) is 0 Å². The zero-order chi connectivity index (χ0) is 18.8. The monoisotopic (exact) mass is 362 g/mol. The van der Waals surface area contributed by atoms with Gasteiger partial charge in [-0.15, -0.1) is 0 Å². The molecule has 0 aliphatic carbocycles. The van der Waals surface area contributed by atoms with Crippen molar-refractivity contribution in [3.05, 3.63) is 76.1 Å². The summed E-state index contributed by atoms with van der Waals surface area (Å²) in [6, 6.07) is 14.0. The predicted octanol–water partition coefficient (Wildman–Crippen LogP) is 3.85. The lowest BCUT2D eigenvalue weighted by atomic mass is 10.1. The number of benzene rings is 2. The van der Waals surface area contributed by atoms with Crippen LogP contribution in [0.25, 0.3) is 17.1 Å². The smallest absolute Gasteiger partial charge is 0.276 e. The second-order valence-corrected chi connectivity index (χ2v) is 6.48. The van der Waals surface area contributed by atoms with Crippen LogP contribution in [0.1, 0.15) is 30.3 Å². The molecule has 1 N–H and O–H groups in total. The fraction of sp³-hybridized carbons (Fsp3) is 0.200. The van der Waals surface area contributed by atoms with E-state index in [2.05, 4.69) is 9.97 Å². The molecule has 7 heteroatoms. The largest absolute Gasteiger partial charge is 0.340 e. The number of aromatic nitrogens is 2. The lowest BCUT2D eigenvalue weighted by molar-refractivity contribution is -0.385. The van der Waals surface area contributed by atoms with Crippen LogP contribution in [0.5, 0.6) is 0 Å². The first-order valence-corrected chi connectivity index (χ1v) is 8.80. The molecule has 1 atom stereocenters. The lowest BCUT2D eigenvalue weighted by Gasteiger charge is -2.21. The maximum atomic E-state index is 12.7. The molecule has 136 valence electrons. The quantitative estimate of drug-likeness (QED) is 0.433. The van der Waals surface area contributed by atoms with Crippen LogP contribution in [0.4, 0.5) is 5.69 Å². The minimum atomic E-state index is -0.447. The summed E-state index contributed by atoms with van der Waals surface area (Å²) in [5.41, 5.74) is 2.22. The van der Waals surface area contributed by atoms with Gasteiger partial charge in [0.05, 0.1) is 27.6 Å². The van der Waals surface area contributed by atoms with Crippen molar-refractivity contribution in [2.45, 2.75) is 18.9 Å². The second-order valence-electron chi connectivity index (χ2n) is 6.48. The Bertz CT molecular complexity index is 1010. The van der Waals surface area contributed by atoms with Gasteiger partial charge < -0.3 is 9.88 Å². The van der Waals surface area contributed by atoms with Crippen molar-refractivity contribution in [1.82, 2.24) is 14.9 Å². The number of carbonyl (C=O) groups excluding carboxylic acids is 1. The molecule has 2 aromatic carbocycles. The van der Waals surface area contributed by atoms with Crippen molar-refractivity contribution in [3.8, 4) is 0 Å². The van der Waals surface area contributed by atoms with Crippen LogP contribution in [-0.2, 0) is 4.79 Å². The van der Waals surface area contributed by atoms with Gasteiger partial charge >= 0.3 is 0 Å². The van der Waals surface area contributed by atoms with E-state index in [0.717, 1.165) is 29.7 Å². The van der Waals surface area contributed by atoms with Crippen molar-refractivity contribution in [3.63, 3.8) is 0 Å². The molecule has 1 aliphatic rings. The highest BCUT2D eigenvalue weighted by Gasteiger charge is 2.31. The third kappa shape index (κ3) is 3.31. The van der Waals surface area contributed by atoms with Gasteiger partial charge in [-0.05, 0) is 37.1 Å². The van der Waals surface area contributed by atoms with E-state index < -0.39 is 4.92 Å². The fourth-order valence-corrected chi connectivity index (χ4v) is 3.50. The number of carbonyl (C=O) groups is 1. The van der Waals surface area contributed by atoms with Gasteiger partial charge in [-0.25, -0.2) is 4.98 Å². The van der Waals surface area contributed by atoms with Gasteiger partial charge in [0.1, 0.15) is 5.82 Å². The van der Waals surface area contributed by atoms with E-state index in [1.54, 1.807) is 23.1 Å². The number of amides is 1. The molecule has 0 saturated carbocycles. The Balaban J connectivity index is 1.57. The van der Waals surface area contributed by atoms with Gasteiger partial charge in [-0.3, -0.25) is 14.9 Å². The van der Waals surface area contributed by atoms with Crippen molar-refractivity contribution >= 4 is 28.7 Å². The van der Waals surface area contributed by atoms with E-state index in [1.807, 2.05) is 24.3 Å². The average molecular weight is 362 g/mol. The van der Waals surface area contributed by atoms with Crippen molar-refractivity contribution in [2.24, 2.45) is 0 Å². The Hall–Kier alpha value is -3.48. The molecule has 3 aromatic rings. The summed E-state index contributed by atoms with van der Waals surface area (Å²) in [6.45, 7) is 0.641. The van der Waals surface area contributed by atoms with E-state index in [1.165, 1.54) is 18.2 Å². The number of nitrogens with one attached hydrogen (secondary N) is 1. The zero-order valence-electron chi connectivity index (χ0n) is 14.5. The number of nitrogens with zero attached hydrogens (tertiary/aromatic N) is 3. The Kier molecular flexibility index (Phi) is 4.42. The third-order valence-corrected chi connectivity index (χ3v) is 4.80. The molecular formula is C20H18N4O3. The van der Waals surface area contributed by atoms with E-state index >= 15 is 0 Å². The number of likely N-dealkylation sites (tertiary alicyclic amines) is 1. The van der Waals surface area contributed by atoms with Crippen LogP contribution in [0.15, 0.2) is 54.6 Å². The SMILES string of the molecule is O=C(/C=C/c1ccccc1[N+](=O)[O-])N1CCC[C@H]1c1nc2ccccc2[nH]1. The van der Waals surface area contributed by atoms with E-state index in [-0.39, 0.29) is 17.6 Å². The fourth-order valence-electron chi connectivity index (χ4n) is 3.50. The predicted molar refractivity (Wildman–Crippen MR) is 102 cm³/mol. The molecule has 1 saturated heterocycles. The molecular weight excluding hydrogens is 344 g/mol. The first kappa shape index (κ1) is 17.0. The standard InChI is InChI=1S/C20H18N4O3/c25-19(12-11-14-6-1-4-9-17(14)24(26)27)23-13-5-10-18(23)20-21-15-7-2-3-8-16(15)22-20/h1-4,6-9,11-12,18H,5,10,13H2,(H,21,22)/b12-11+/t18-/m0/s1. The van der Waals surface area contributed by atoms with Gasteiger partial charge in [0, 0.05) is 18.7 Å². The maximum absolute atomic E-state index is 12.7. The molecule has 7 nitrogen and oxygen atoms in total. The van der Waals surface area contributed by atoms with Gasteiger partial charge in [-0.1, -0.05) is 24.3 Å². The van der Waals surface area contributed by atoms with Gasteiger partial charge in [0.25, 0.3) is 5.69 Å². The third-order valence-electron chi connectivity index (χ3n) is 4.80. The minimum Gasteiger partial charge on any atom is -0.340 e. The van der Waals surface area contributed by atoms with Gasteiger partial charge in [0.15, 0.2) is 0 Å². The lowest BCUT2D eigenvalue weighted by Crippen LogP contribution is -2.29. The average Bonchev–Trinajstić information content (AvgIpc) is 3.32. The maximum Gasteiger partial charge on any atom is 0.276 e. The highest BCUT2D eigenvalue weighted by Crippen LogP contribution is 2.31. The molecule has 0 unspecified atom stereocenters. The number of H-pyrrole nitrogens is 1. The van der Waals surface area contributed by atoms with E-state index in [0.29, 0.717) is 12.1 Å². The number of hydrogen-bond donors (Lipinski definition) is 1. The molecule has 2 heterocycles. The normalized spacial score (nSPS) is 17.0. The summed E-state index contributed by atoms with van der Waals surface area (Å²) in [5, 5.41) is 11.1. The molecule has 27 heavy (non-hydrogen) atoms. The summed E-state index contributed by atoms with van der Waals surface area (Å²) in [4.78, 5) is 33.1. The number of para-hydroxylation sites is 3. The number of aromatic amines is 1. The number of nitro benzene ring substituents is 1. The van der Waals surface area contributed by atoms with Crippen molar-refractivity contribution in [2.75, 3.05) is 6.54 Å².